The van der Waals surface area contributed by atoms with Crippen molar-refractivity contribution in [3.63, 3.8) is 0 Å². The Hall–Kier alpha value is -2.06. The van der Waals surface area contributed by atoms with Crippen LogP contribution in [0.15, 0.2) is 12.1 Å². The Kier molecular flexibility index (Phi) is 5.62. The quantitative estimate of drug-likeness (QED) is 0.619. The molecule has 8 heteroatoms. The van der Waals surface area contributed by atoms with Crippen molar-refractivity contribution >= 4 is 11.4 Å². The van der Waals surface area contributed by atoms with Crippen LogP contribution in [-0.4, -0.2) is 68.0 Å². The first kappa shape index (κ1) is 17.3. The molecule has 1 heterocycles. The zero-order valence-electron chi connectivity index (χ0n) is 13.7. The Balaban J connectivity index is 2.23. The van der Waals surface area contributed by atoms with Gasteiger partial charge in [-0.25, -0.2) is 0 Å². The van der Waals surface area contributed by atoms with E-state index in [4.69, 9.17) is 9.47 Å². The van der Waals surface area contributed by atoms with Crippen molar-refractivity contribution < 1.29 is 19.5 Å². The van der Waals surface area contributed by atoms with E-state index in [0.29, 0.717) is 36.8 Å². The minimum Gasteiger partial charge on any atom is -0.493 e. The molecule has 0 aromatic heterocycles. The van der Waals surface area contributed by atoms with Gasteiger partial charge in [0.25, 0.3) is 5.69 Å². The molecular formula is C15H23N3O5. The highest BCUT2D eigenvalue weighted by atomic mass is 16.6. The number of piperazine rings is 1. The molecule has 1 aromatic carbocycles. The molecule has 128 valence electrons. The number of benzene rings is 1. The normalized spacial score (nSPS) is 17.0. The Morgan fingerprint density at radius 1 is 1.22 bits per heavy atom. The summed E-state index contributed by atoms with van der Waals surface area (Å²) < 4.78 is 10.4. The molecule has 23 heavy (non-hydrogen) atoms. The summed E-state index contributed by atoms with van der Waals surface area (Å²) in [5.74, 6) is 0.815. The van der Waals surface area contributed by atoms with Gasteiger partial charge in [0.05, 0.1) is 31.3 Å². The summed E-state index contributed by atoms with van der Waals surface area (Å²) in [6.07, 6.45) is -0.378. The lowest BCUT2D eigenvalue weighted by molar-refractivity contribution is -0.384. The van der Waals surface area contributed by atoms with Crippen LogP contribution in [0.2, 0.25) is 0 Å². The van der Waals surface area contributed by atoms with E-state index in [0.717, 1.165) is 13.1 Å². The number of rotatable bonds is 6. The maximum absolute atomic E-state index is 11.4. The van der Waals surface area contributed by atoms with Crippen LogP contribution in [0.5, 0.6) is 11.5 Å². The van der Waals surface area contributed by atoms with E-state index in [2.05, 4.69) is 4.90 Å². The fraction of sp³-hybridized carbons (Fsp3) is 0.600. The van der Waals surface area contributed by atoms with Crippen LogP contribution < -0.4 is 14.4 Å². The lowest BCUT2D eigenvalue weighted by Crippen LogP contribution is -2.48. The van der Waals surface area contributed by atoms with E-state index in [1.165, 1.54) is 20.3 Å². The molecule has 1 aromatic rings. The summed E-state index contributed by atoms with van der Waals surface area (Å²) in [5, 5.41) is 20.8. The number of ether oxygens (including phenoxy) is 2. The summed E-state index contributed by atoms with van der Waals surface area (Å²) in [4.78, 5) is 15.1. The summed E-state index contributed by atoms with van der Waals surface area (Å²) in [6, 6.07) is 3.05. The van der Waals surface area contributed by atoms with Gasteiger partial charge in [0.2, 0.25) is 0 Å². The fourth-order valence-electron chi connectivity index (χ4n) is 2.80. The molecule has 0 bridgehead atoms. The lowest BCUT2D eigenvalue weighted by atomic mass is 10.2. The Morgan fingerprint density at radius 2 is 1.78 bits per heavy atom. The third-order valence-electron chi connectivity index (χ3n) is 3.91. The number of nitro groups is 1. The first-order valence-corrected chi connectivity index (χ1v) is 7.52. The van der Waals surface area contributed by atoms with Crippen molar-refractivity contribution in [2.24, 2.45) is 0 Å². The van der Waals surface area contributed by atoms with Gasteiger partial charge < -0.3 is 19.5 Å². The number of β-amino-alcohol motifs (C(OH)–C–C–N with tert-alkyl or cyclic N) is 1. The van der Waals surface area contributed by atoms with Crippen molar-refractivity contribution in [1.82, 2.24) is 4.90 Å². The number of hydrogen-bond donors (Lipinski definition) is 1. The molecule has 1 atom stereocenters. The van der Waals surface area contributed by atoms with E-state index < -0.39 is 4.92 Å². The second kappa shape index (κ2) is 7.47. The predicted octanol–water partition coefficient (Wildman–Crippen LogP) is 1.11. The number of aliphatic hydroxyl groups is 1. The molecule has 0 amide bonds. The highest BCUT2D eigenvalue weighted by Crippen LogP contribution is 2.39. The molecule has 1 aliphatic heterocycles. The van der Waals surface area contributed by atoms with Gasteiger partial charge in [-0.05, 0) is 6.92 Å². The zero-order valence-corrected chi connectivity index (χ0v) is 13.7. The van der Waals surface area contributed by atoms with E-state index in [9.17, 15) is 15.2 Å². The van der Waals surface area contributed by atoms with Gasteiger partial charge in [-0.3, -0.25) is 15.0 Å². The average molecular weight is 325 g/mol. The first-order chi connectivity index (χ1) is 11.0. The number of anilines is 1. The maximum atomic E-state index is 11.4. The smallest absolute Gasteiger partial charge is 0.296 e. The number of nitrogens with zero attached hydrogens (tertiary/aromatic N) is 3. The first-order valence-electron chi connectivity index (χ1n) is 7.52. The minimum absolute atomic E-state index is 0.00614. The van der Waals surface area contributed by atoms with Crippen LogP contribution in [0.4, 0.5) is 11.4 Å². The number of methoxy groups -OCH3 is 2. The van der Waals surface area contributed by atoms with E-state index >= 15 is 0 Å². The summed E-state index contributed by atoms with van der Waals surface area (Å²) >= 11 is 0. The third-order valence-corrected chi connectivity index (χ3v) is 3.91. The lowest BCUT2D eigenvalue weighted by Gasteiger charge is -2.36. The monoisotopic (exact) mass is 325 g/mol. The van der Waals surface area contributed by atoms with Crippen LogP contribution >= 0.6 is 0 Å². The van der Waals surface area contributed by atoms with Gasteiger partial charge in [-0.2, -0.15) is 0 Å². The SMILES string of the molecule is COc1cc(N2CCN(C[C@@H](C)O)CC2)c([N+](=O)[O-])cc1OC. The summed E-state index contributed by atoms with van der Waals surface area (Å²) in [6.45, 7) is 5.17. The van der Waals surface area contributed by atoms with E-state index in [-0.39, 0.29) is 11.8 Å². The fourth-order valence-corrected chi connectivity index (χ4v) is 2.80. The van der Waals surface area contributed by atoms with Gasteiger partial charge in [0.15, 0.2) is 11.5 Å². The number of aliphatic hydroxyl groups excluding tert-OH is 1. The van der Waals surface area contributed by atoms with Crippen LogP contribution in [-0.2, 0) is 0 Å². The Bertz CT molecular complexity index is 556. The van der Waals surface area contributed by atoms with E-state index in [1.807, 2.05) is 4.90 Å². The maximum Gasteiger partial charge on any atom is 0.296 e. The molecule has 0 saturated carbocycles. The highest BCUT2D eigenvalue weighted by Gasteiger charge is 2.26. The molecular weight excluding hydrogens is 302 g/mol. The second-order valence-electron chi connectivity index (χ2n) is 5.59. The van der Waals surface area contributed by atoms with Gasteiger partial charge in [-0.15, -0.1) is 0 Å². The number of hydrogen-bond acceptors (Lipinski definition) is 7. The molecule has 0 radical (unpaired) electrons. The summed E-state index contributed by atoms with van der Waals surface area (Å²) in [5.41, 5.74) is 0.538. The van der Waals surface area contributed by atoms with Crippen LogP contribution in [0.1, 0.15) is 6.92 Å². The van der Waals surface area contributed by atoms with E-state index in [1.54, 1.807) is 13.0 Å². The summed E-state index contributed by atoms with van der Waals surface area (Å²) in [7, 11) is 2.96. The van der Waals surface area contributed by atoms with Crippen LogP contribution in [0, 0.1) is 10.1 Å². The van der Waals surface area contributed by atoms with Crippen molar-refractivity contribution in [1.29, 1.82) is 0 Å². The molecule has 0 spiro atoms. The van der Waals surface area contributed by atoms with Gasteiger partial charge in [0, 0.05) is 38.8 Å². The van der Waals surface area contributed by atoms with Crippen molar-refractivity contribution in [2.75, 3.05) is 51.8 Å². The van der Waals surface area contributed by atoms with Crippen molar-refractivity contribution in [3.8, 4) is 11.5 Å². The molecule has 2 rings (SSSR count). The molecule has 1 aliphatic rings. The second-order valence-corrected chi connectivity index (χ2v) is 5.59. The molecule has 1 fully saturated rings. The topological polar surface area (TPSA) is 88.3 Å². The Labute approximate surface area is 135 Å². The van der Waals surface area contributed by atoms with Crippen molar-refractivity contribution in [2.45, 2.75) is 13.0 Å². The van der Waals surface area contributed by atoms with Crippen LogP contribution in [0.3, 0.4) is 0 Å². The minimum atomic E-state index is -0.403. The molecule has 1 N–H and O–H groups in total. The van der Waals surface area contributed by atoms with Gasteiger partial charge >= 0.3 is 0 Å². The highest BCUT2D eigenvalue weighted by molar-refractivity contribution is 5.70. The molecule has 8 nitrogen and oxygen atoms in total. The van der Waals surface area contributed by atoms with Crippen LogP contribution in [0.25, 0.3) is 0 Å². The van der Waals surface area contributed by atoms with Crippen molar-refractivity contribution in [3.05, 3.63) is 22.2 Å². The Morgan fingerprint density at radius 3 is 2.26 bits per heavy atom. The molecule has 1 saturated heterocycles. The van der Waals surface area contributed by atoms with Gasteiger partial charge in [-0.1, -0.05) is 0 Å². The molecule has 0 unspecified atom stereocenters. The van der Waals surface area contributed by atoms with Gasteiger partial charge in [0.1, 0.15) is 5.69 Å². The molecule has 0 aliphatic carbocycles. The predicted molar refractivity (Wildman–Crippen MR) is 86.5 cm³/mol. The third kappa shape index (κ3) is 4.02. The standard InChI is InChI=1S/C15H23N3O5/c1-11(19)10-16-4-6-17(7-5-16)12-8-14(22-2)15(23-3)9-13(12)18(20)21/h8-9,11,19H,4-7,10H2,1-3H3/t11-/m1/s1. The average Bonchev–Trinajstić information content (AvgIpc) is 2.53. The largest absolute Gasteiger partial charge is 0.493 e. The zero-order chi connectivity index (χ0) is 17.0. The number of nitro benzene ring substituents is 1.